The Kier molecular flexibility index (Phi) is 4.49. The summed E-state index contributed by atoms with van der Waals surface area (Å²) in [4.78, 5) is 10.9. The second-order valence-corrected chi connectivity index (χ2v) is 8.44. The maximum absolute atomic E-state index is 13.0. The first-order valence-electron chi connectivity index (χ1n) is 8.63. The summed E-state index contributed by atoms with van der Waals surface area (Å²) in [5, 5.41) is 3.34. The molecular formula is C17H20FN5O2S. The molecule has 138 valence electrons. The van der Waals surface area contributed by atoms with Crippen LogP contribution in [0.5, 0.6) is 0 Å². The Hall–Kier alpha value is -2.26. The molecule has 2 fully saturated rings. The van der Waals surface area contributed by atoms with Crippen molar-refractivity contribution in [1.29, 1.82) is 0 Å². The van der Waals surface area contributed by atoms with Gasteiger partial charge in [0, 0.05) is 38.4 Å². The minimum absolute atomic E-state index is 0.110. The van der Waals surface area contributed by atoms with Gasteiger partial charge in [0.1, 0.15) is 11.6 Å². The Morgan fingerprint density at radius 2 is 1.73 bits per heavy atom. The Labute approximate surface area is 151 Å². The normalized spacial score (nSPS) is 18.7. The molecular weight excluding hydrogens is 357 g/mol. The van der Waals surface area contributed by atoms with Crippen LogP contribution in [0.15, 0.2) is 41.4 Å². The van der Waals surface area contributed by atoms with Crippen LogP contribution in [0.25, 0.3) is 0 Å². The van der Waals surface area contributed by atoms with Crippen LogP contribution >= 0.6 is 0 Å². The molecule has 1 N–H and O–H groups in total. The number of rotatable bonds is 5. The molecule has 1 saturated heterocycles. The van der Waals surface area contributed by atoms with Crippen molar-refractivity contribution in [2.75, 3.05) is 36.4 Å². The van der Waals surface area contributed by atoms with Crippen LogP contribution in [0.3, 0.4) is 0 Å². The number of nitrogens with one attached hydrogen (secondary N) is 1. The van der Waals surface area contributed by atoms with E-state index in [0.717, 1.165) is 18.0 Å². The van der Waals surface area contributed by atoms with Crippen LogP contribution in [0.4, 0.5) is 16.2 Å². The van der Waals surface area contributed by atoms with Gasteiger partial charge >= 0.3 is 0 Å². The fraction of sp³-hybridized carbons (Fsp3) is 0.412. The smallest absolute Gasteiger partial charge is 0.243 e. The number of sulfonamides is 1. The first-order chi connectivity index (χ1) is 12.5. The zero-order valence-electron chi connectivity index (χ0n) is 14.2. The second-order valence-electron chi connectivity index (χ2n) is 6.51. The molecule has 0 amide bonds. The van der Waals surface area contributed by atoms with Gasteiger partial charge in [0.05, 0.1) is 4.90 Å². The molecule has 1 aromatic heterocycles. The lowest BCUT2D eigenvalue weighted by Gasteiger charge is -2.34. The summed E-state index contributed by atoms with van der Waals surface area (Å²) in [6.07, 6.45) is 4.05. The summed E-state index contributed by atoms with van der Waals surface area (Å²) < 4.78 is 39.8. The van der Waals surface area contributed by atoms with Crippen LogP contribution in [0, 0.1) is 5.82 Å². The van der Waals surface area contributed by atoms with E-state index in [4.69, 9.17) is 0 Å². The van der Waals surface area contributed by atoms with Gasteiger partial charge in [-0.3, -0.25) is 0 Å². The van der Waals surface area contributed by atoms with Crippen molar-refractivity contribution in [3.05, 3.63) is 42.3 Å². The van der Waals surface area contributed by atoms with Crippen LogP contribution in [0.2, 0.25) is 0 Å². The molecule has 7 nitrogen and oxygen atoms in total. The van der Waals surface area contributed by atoms with Gasteiger partial charge in [0.2, 0.25) is 16.0 Å². The molecule has 1 aliphatic heterocycles. The van der Waals surface area contributed by atoms with Gasteiger partial charge < -0.3 is 10.2 Å². The third kappa shape index (κ3) is 3.63. The van der Waals surface area contributed by atoms with Crippen molar-refractivity contribution in [1.82, 2.24) is 14.3 Å². The van der Waals surface area contributed by atoms with E-state index >= 15 is 0 Å². The van der Waals surface area contributed by atoms with Gasteiger partial charge in [0.25, 0.3) is 0 Å². The van der Waals surface area contributed by atoms with Gasteiger partial charge in [-0.15, -0.1) is 0 Å². The van der Waals surface area contributed by atoms with Crippen molar-refractivity contribution in [3.8, 4) is 0 Å². The van der Waals surface area contributed by atoms with Gasteiger partial charge in [-0.25, -0.2) is 17.8 Å². The molecule has 0 radical (unpaired) electrons. The summed E-state index contributed by atoms with van der Waals surface area (Å²) in [6, 6.07) is 7.28. The Balaban J connectivity index is 1.43. The minimum atomic E-state index is -3.61. The second kappa shape index (κ2) is 6.81. The highest BCUT2D eigenvalue weighted by Crippen LogP contribution is 2.25. The molecule has 1 saturated carbocycles. The fourth-order valence-electron chi connectivity index (χ4n) is 2.90. The zero-order chi connectivity index (χ0) is 18.1. The lowest BCUT2D eigenvalue weighted by atomic mass is 10.3. The number of benzene rings is 1. The van der Waals surface area contributed by atoms with Crippen LogP contribution in [0.1, 0.15) is 12.8 Å². The predicted molar refractivity (Wildman–Crippen MR) is 96.0 cm³/mol. The third-order valence-electron chi connectivity index (χ3n) is 4.55. The third-order valence-corrected chi connectivity index (χ3v) is 6.46. The van der Waals surface area contributed by atoms with E-state index in [1.165, 1.54) is 29.3 Å². The summed E-state index contributed by atoms with van der Waals surface area (Å²) in [7, 11) is -3.61. The number of piperazine rings is 1. The molecule has 0 atom stereocenters. The summed E-state index contributed by atoms with van der Waals surface area (Å²) in [5.41, 5.74) is 0. The summed E-state index contributed by atoms with van der Waals surface area (Å²) in [6.45, 7) is 1.69. The van der Waals surface area contributed by atoms with Crippen molar-refractivity contribution < 1.29 is 12.8 Å². The highest BCUT2D eigenvalue weighted by atomic mass is 32.2. The van der Waals surface area contributed by atoms with Crippen molar-refractivity contribution in [2.24, 2.45) is 0 Å². The molecule has 26 heavy (non-hydrogen) atoms. The number of halogens is 1. The van der Waals surface area contributed by atoms with Crippen molar-refractivity contribution >= 4 is 21.8 Å². The van der Waals surface area contributed by atoms with E-state index < -0.39 is 15.8 Å². The number of hydrogen-bond acceptors (Lipinski definition) is 6. The average molecular weight is 377 g/mol. The van der Waals surface area contributed by atoms with Crippen LogP contribution in [-0.2, 0) is 10.0 Å². The van der Waals surface area contributed by atoms with E-state index in [2.05, 4.69) is 15.3 Å². The van der Waals surface area contributed by atoms with Gasteiger partial charge in [-0.2, -0.15) is 9.29 Å². The van der Waals surface area contributed by atoms with Crippen LogP contribution in [-0.4, -0.2) is 54.9 Å². The van der Waals surface area contributed by atoms with E-state index in [9.17, 15) is 12.8 Å². The number of nitrogens with zero attached hydrogens (tertiary/aromatic N) is 4. The molecule has 1 aromatic carbocycles. The average Bonchev–Trinajstić information content (AvgIpc) is 3.46. The number of anilines is 2. The quantitative estimate of drug-likeness (QED) is 0.855. The lowest BCUT2D eigenvalue weighted by Crippen LogP contribution is -2.49. The minimum Gasteiger partial charge on any atom is -0.367 e. The lowest BCUT2D eigenvalue weighted by molar-refractivity contribution is 0.382. The first-order valence-corrected chi connectivity index (χ1v) is 10.1. The van der Waals surface area contributed by atoms with Gasteiger partial charge in [-0.05, 0) is 43.2 Å². The van der Waals surface area contributed by atoms with Crippen molar-refractivity contribution in [2.45, 2.75) is 23.8 Å². The summed E-state index contributed by atoms with van der Waals surface area (Å²) in [5.74, 6) is 0.957. The van der Waals surface area contributed by atoms with E-state index in [0.29, 0.717) is 38.2 Å². The molecule has 4 rings (SSSR count). The molecule has 9 heteroatoms. The molecule has 2 aliphatic rings. The first kappa shape index (κ1) is 17.2. The van der Waals surface area contributed by atoms with Crippen LogP contribution < -0.4 is 10.2 Å². The monoisotopic (exact) mass is 377 g/mol. The molecule has 0 unspecified atom stereocenters. The largest absolute Gasteiger partial charge is 0.367 e. The highest BCUT2D eigenvalue weighted by Gasteiger charge is 2.29. The Morgan fingerprint density at radius 1 is 1.04 bits per heavy atom. The number of aromatic nitrogens is 2. The maximum atomic E-state index is 13.0. The SMILES string of the molecule is O=S(=O)(c1ccc(F)cc1)N1CCN(c2nccc(NC3CC3)n2)CC1. The van der Waals surface area contributed by atoms with Crippen molar-refractivity contribution in [3.63, 3.8) is 0 Å². The standard InChI is InChI=1S/C17H20FN5O2S/c18-13-1-5-15(6-2-13)26(24,25)23-11-9-22(10-12-23)17-19-8-7-16(21-17)20-14-3-4-14/h1-2,5-8,14H,3-4,9-12H2,(H,19,20,21). The number of hydrogen-bond donors (Lipinski definition) is 1. The van der Waals surface area contributed by atoms with Gasteiger partial charge in [0.15, 0.2) is 0 Å². The zero-order valence-corrected chi connectivity index (χ0v) is 15.0. The predicted octanol–water partition coefficient (Wildman–Crippen LogP) is 1.70. The molecule has 0 bridgehead atoms. The highest BCUT2D eigenvalue weighted by molar-refractivity contribution is 7.89. The maximum Gasteiger partial charge on any atom is 0.243 e. The molecule has 0 spiro atoms. The molecule has 1 aliphatic carbocycles. The fourth-order valence-corrected chi connectivity index (χ4v) is 4.32. The van der Waals surface area contributed by atoms with E-state index in [-0.39, 0.29) is 4.90 Å². The molecule has 2 heterocycles. The topological polar surface area (TPSA) is 78.4 Å². The Bertz CT molecular complexity index is 878. The van der Waals surface area contributed by atoms with E-state index in [1.807, 2.05) is 11.0 Å². The Morgan fingerprint density at radius 3 is 2.38 bits per heavy atom. The summed E-state index contributed by atoms with van der Waals surface area (Å²) >= 11 is 0. The molecule has 2 aromatic rings. The van der Waals surface area contributed by atoms with E-state index in [1.54, 1.807) is 6.20 Å². The van der Waals surface area contributed by atoms with Gasteiger partial charge in [-0.1, -0.05) is 0 Å².